The molecule has 0 spiro atoms. The van der Waals surface area contributed by atoms with Crippen molar-refractivity contribution in [3.63, 3.8) is 0 Å². The molecule has 1 fully saturated rings. The van der Waals surface area contributed by atoms with Crippen molar-refractivity contribution in [2.75, 3.05) is 18.0 Å². The summed E-state index contributed by atoms with van der Waals surface area (Å²) in [5.41, 5.74) is 2.99. The van der Waals surface area contributed by atoms with Crippen molar-refractivity contribution in [1.82, 2.24) is 0 Å². The van der Waals surface area contributed by atoms with E-state index in [1.807, 2.05) is 26.0 Å². The number of aryl methyl sites for hydroxylation is 2. The molecule has 4 nitrogen and oxygen atoms in total. The Bertz CT molecular complexity index is 830. The topological polar surface area (TPSA) is 57.2 Å². The van der Waals surface area contributed by atoms with Crippen LogP contribution in [0.1, 0.15) is 36.5 Å². The number of anilines is 1. The fraction of sp³-hybridized carbons (Fsp3) is 0.444. The van der Waals surface area contributed by atoms with Gasteiger partial charge in [0, 0.05) is 18.5 Å². The van der Waals surface area contributed by atoms with E-state index in [9.17, 15) is 10.1 Å². The second-order valence-electron chi connectivity index (χ2n) is 6.38. The maximum absolute atomic E-state index is 12.2. The summed E-state index contributed by atoms with van der Waals surface area (Å²) in [6.07, 6.45) is 2.27. The van der Waals surface area contributed by atoms with Gasteiger partial charge in [-0.15, -0.1) is 0 Å². The van der Waals surface area contributed by atoms with E-state index in [0.29, 0.717) is 11.5 Å². The highest BCUT2D eigenvalue weighted by Crippen LogP contribution is 2.33. The Morgan fingerprint density at radius 2 is 2.14 bits per heavy atom. The van der Waals surface area contributed by atoms with Crippen LogP contribution in [0.3, 0.4) is 0 Å². The third-order valence-electron chi connectivity index (χ3n) is 4.39. The minimum Gasteiger partial charge on any atom is -0.421 e. The van der Waals surface area contributed by atoms with Gasteiger partial charge in [-0.2, -0.15) is 5.26 Å². The van der Waals surface area contributed by atoms with Crippen LogP contribution in [-0.2, 0) is 0 Å². The average Bonchev–Trinajstić information content (AvgIpc) is 2.47. The summed E-state index contributed by atoms with van der Waals surface area (Å²) >= 11 is 0. The average molecular weight is 296 g/mol. The van der Waals surface area contributed by atoms with Crippen molar-refractivity contribution in [3.05, 3.63) is 39.2 Å². The molecule has 1 unspecified atom stereocenters. The minimum absolute atomic E-state index is 0.131. The van der Waals surface area contributed by atoms with Crippen molar-refractivity contribution in [3.8, 4) is 6.07 Å². The van der Waals surface area contributed by atoms with Crippen molar-refractivity contribution in [2.45, 2.75) is 33.6 Å². The van der Waals surface area contributed by atoms with Crippen LogP contribution >= 0.6 is 0 Å². The largest absolute Gasteiger partial charge is 0.421 e. The van der Waals surface area contributed by atoms with Crippen molar-refractivity contribution in [2.24, 2.45) is 5.92 Å². The van der Waals surface area contributed by atoms with Gasteiger partial charge < -0.3 is 9.32 Å². The molecule has 0 saturated carbocycles. The first kappa shape index (κ1) is 14.6. The predicted molar refractivity (Wildman–Crippen MR) is 87.3 cm³/mol. The van der Waals surface area contributed by atoms with Crippen LogP contribution in [0, 0.1) is 31.1 Å². The minimum atomic E-state index is -0.532. The fourth-order valence-electron chi connectivity index (χ4n) is 3.46. The molecule has 1 aromatic carbocycles. The summed E-state index contributed by atoms with van der Waals surface area (Å²) in [6, 6.07) is 6.07. The first-order valence-corrected chi connectivity index (χ1v) is 7.74. The van der Waals surface area contributed by atoms with Crippen LogP contribution in [-0.4, -0.2) is 13.1 Å². The number of rotatable bonds is 1. The molecule has 0 radical (unpaired) electrons. The van der Waals surface area contributed by atoms with E-state index in [1.54, 1.807) is 0 Å². The van der Waals surface area contributed by atoms with Crippen molar-refractivity contribution in [1.29, 1.82) is 5.26 Å². The van der Waals surface area contributed by atoms with Gasteiger partial charge in [0.05, 0.1) is 5.69 Å². The lowest BCUT2D eigenvalue weighted by atomic mass is 9.97. The molecule has 1 atom stereocenters. The fourth-order valence-corrected chi connectivity index (χ4v) is 3.46. The second-order valence-corrected chi connectivity index (χ2v) is 6.38. The molecular weight excluding hydrogens is 276 g/mol. The maximum Gasteiger partial charge on any atom is 0.356 e. The van der Waals surface area contributed by atoms with E-state index in [1.165, 1.54) is 6.42 Å². The molecule has 22 heavy (non-hydrogen) atoms. The van der Waals surface area contributed by atoms with E-state index in [2.05, 4.69) is 17.9 Å². The first-order valence-electron chi connectivity index (χ1n) is 7.74. The maximum atomic E-state index is 12.2. The summed E-state index contributed by atoms with van der Waals surface area (Å²) in [7, 11) is 0. The van der Waals surface area contributed by atoms with Gasteiger partial charge in [0.25, 0.3) is 0 Å². The number of nitrogens with zero attached hydrogens (tertiary/aromatic N) is 2. The lowest BCUT2D eigenvalue weighted by molar-refractivity contribution is 0.446. The van der Waals surface area contributed by atoms with Gasteiger partial charge in [0.1, 0.15) is 11.7 Å². The van der Waals surface area contributed by atoms with Gasteiger partial charge in [-0.3, -0.25) is 0 Å². The van der Waals surface area contributed by atoms with E-state index in [-0.39, 0.29) is 5.56 Å². The number of nitriles is 1. The third-order valence-corrected chi connectivity index (χ3v) is 4.39. The zero-order valence-electron chi connectivity index (χ0n) is 13.3. The zero-order chi connectivity index (χ0) is 15.9. The van der Waals surface area contributed by atoms with Gasteiger partial charge in [0.2, 0.25) is 0 Å². The number of benzene rings is 1. The highest BCUT2D eigenvalue weighted by molar-refractivity contribution is 5.95. The molecule has 0 bridgehead atoms. The van der Waals surface area contributed by atoms with Crippen LogP contribution in [0.25, 0.3) is 11.0 Å². The lowest BCUT2D eigenvalue weighted by Crippen LogP contribution is -2.35. The third kappa shape index (κ3) is 2.37. The molecule has 1 aliphatic heterocycles. The molecule has 1 aliphatic rings. The quantitative estimate of drug-likeness (QED) is 0.756. The van der Waals surface area contributed by atoms with Gasteiger partial charge in [-0.25, -0.2) is 4.79 Å². The smallest absolute Gasteiger partial charge is 0.356 e. The number of hydrogen-bond acceptors (Lipinski definition) is 4. The normalized spacial score (nSPS) is 18.5. The van der Waals surface area contributed by atoms with Crippen LogP contribution in [0.4, 0.5) is 5.69 Å². The molecular formula is C18H20N2O2. The molecule has 0 amide bonds. The number of fused-ring (bicyclic) bond motifs is 1. The summed E-state index contributed by atoms with van der Waals surface area (Å²) < 4.78 is 5.42. The Morgan fingerprint density at radius 1 is 1.36 bits per heavy atom. The van der Waals surface area contributed by atoms with E-state index >= 15 is 0 Å². The molecule has 114 valence electrons. The first-order chi connectivity index (χ1) is 10.5. The Balaban J connectivity index is 2.34. The zero-order valence-corrected chi connectivity index (χ0v) is 13.3. The monoisotopic (exact) mass is 296 g/mol. The van der Waals surface area contributed by atoms with Crippen LogP contribution < -0.4 is 10.5 Å². The van der Waals surface area contributed by atoms with Crippen LogP contribution in [0.15, 0.2) is 21.3 Å². The summed E-state index contributed by atoms with van der Waals surface area (Å²) in [5.74, 6) is 0.563. The predicted octanol–water partition coefficient (Wildman–Crippen LogP) is 3.52. The van der Waals surface area contributed by atoms with Crippen LogP contribution in [0.5, 0.6) is 0 Å². The summed E-state index contributed by atoms with van der Waals surface area (Å²) in [5, 5.41) is 10.3. The van der Waals surface area contributed by atoms with Crippen molar-refractivity contribution < 1.29 is 4.42 Å². The molecule has 2 aromatic rings. The highest BCUT2D eigenvalue weighted by atomic mass is 16.4. The Hall–Kier alpha value is -2.28. The Labute approximate surface area is 130 Å². The summed E-state index contributed by atoms with van der Waals surface area (Å²) in [6.45, 7) is 7.92. The SMILES string of the molecule is Cc1cc(C)c2oc(=O)c(C#N)c(N3CCCC(C)C3)c2c1. The molecule has 3 rings (SSSR count). The Kier molecular flexibility index (Phi) is 3.66. The molecule has 2 heterocycles. The lowest BCUT2D eigenvalue weighted by Gasteiger charge is -2.33. The second kappa shape index (κ2) is 5.49. The van der Waals surface area contributed by atoms with Gasteiger partial charge >= 0.3 is 5.63 Å². The molecule has 0 aliphatic carbocycles. The molecule has 0 N–H and O–H groups in total. The molecule has 4 heteroatoms. The van der Waals surface area contributed by atoms with E-state index in [0.717, 1.165) is 41.7 Å². The number of piperidine rings is 1. The van der Waals surface area contributed by atoms with Crippen LogP contribution in [0.2, 0.25) is 0 Å². The van der Waals surface area contributed by atoms with Crippen molar-refractivity contribution >= 4 is 16.7 Å². The molecule has 1 aromatic heterocycles. The Morgan fingerprint density at radius 3 is 2.82 bits per heavy atom. The molecule has 1 saturated heterocycles. The van der Waals surface area contributed by atoms with Gasteiger partial charge in [0.15, 0.2) is 5.56 Å². The number of hydrogen-bond donors (Lipinski definition) is 0. The van der Waals surface area contributed by atoms with Gasteiger partial charge in [-0.05, 0) is 49.8 Å². The van der Waals surface area contributed by atoms with Gasteiger partial charge in [-0.1, -0.05) is 13.0 Å². The standard InChI is InChI=1S/C18H20N2O2/c1-11-5-4-6-20(10-11)16-14-8-12(2)7-13(3)17(14)22-18(21)15(16)9-19/h7-8,11H,4-6,10H2,1-3H3. The summed E-state index contributed by atoms with van der Waals surface area (Å²) in [4.78, 5) is 14.4. The highest BCUT2D eigenvalue weighted by Gasteiger charge is 2.24. The van der Waals surface area contributed by atoms with E-state index in [4.69, 9.17) is 4.42 Å². The van der Waals surface area contributed by atoms with E-state index < -0.39 is 5.63 Å².